The van der Waals surface area contributed by atoms with Crippen molar-refractivity contribution >= 4 is 11.6 Å². The van der Waals surface area contributed by atoms with Gasteiger partial charge in [-0.05, 0) is 49.4 Å². The molecular weight excluding hydrogens is 285 g/mol. The van der Waals surface area contributed by atoms with Gasteiger partial charge in [-0.2, -0.15) is 0 Å². The lowest BCUT2D eigenvalue weighted by atomic mass is 9.75. The van der Waals surface area contributed by atoms with Crippen molar-refractivity contribution in [3.63, 3.8) is 0 Å². The Hall–Kier alpha value is -1.38. The van der Waals surface area contributed by atoms with Gasteiger partial charge in [-0.1, -0.05) is 41.9 Å². The Morgan fingerprint density at radius 3 is 2.62 bits per heavy atom. The summed E-state index contributed by atoms with van der Waals surface area (Å²) >= 11 is 6.03. The fourth-order valence-electron chi connectivity index (χ4n) is 3.06. The van der Waals surface area contributed by atoms with Crippen LogP contribution in [0.5, 0.6) is 0 Å². The average molecular weight is 304 g/mol. The van der Waals surface area contributed by atoms with Crippen molar-refractivity contribution in [2.24, 2.45) is 0 Å². The van der Waals surface area contributed by atoms with Crippen LogP contribution in [-0.2, 0) is 0 Å². The second-order valence-electron chi connectivity index (χ2n) is 5.83. The molecule has 1 nitrogen and oxygen atoms in total. The molecule has 0 bridgehead atoms. The van der Waals surface area contributed by atoms with E-state index >= 15 is 0 Å². The molecule has 3 rings (SSSR count). The highest BCUT2D eigenvalue weighted by Crippen LogP contribution is 2.38. The first-order chi connectivity index (χ1) is 10.1. The Kier molecular flexibility index (Phi) is 4.27. The van der Waals surface area contributed by atoms with Crippen LogP contribution in [0.25, 0.3) is 0 Å². The molecule has 0 amide bonds. The Bertz CT molecular complexity index is 622. The van der Waals surface area contributed by atoms with Crippen LogP contribution in [0, 0.1) is 5.82 Å². The summed E-state index contributed by atoms with van der Waals surface area (Å²) in [5.41, 5.74) is 2.04. The van der Waals surface area contributed by atoms with Crippen LogP contribution in [0.1, 0.15) is 42.9 Å². The Labute approximate surface area is 130 Å². The van der Waals surface area contributed by atoms with Gasteiger partial charge in [0, 0.05) is 22.7 Å². The summed E-state index contributed by atoms with van der Waals surface area (Å²) in [6.45, 7) is 2.02. The van der Waals surface area contributed by atoms with Crippen molar-refractivity contribution in [1.82, 2.24) is 5.32 Å². The normalized spacial score (nSPS) is 22.6. The number of rotatable bonds is 4. The summed E-state index contributed by atoms with van der Waals surface area (Å²) in [6.07, 6.45) is 2.16. The third-order valence-corrected chi connectivity index (χ3v) is 4.55. The molecule has 1 saturated carbocycles. The van der Waals surface area contributed by atoms with Gasteiger partial charge in [0.15, 0.2) is 0 Å². The molecule has 0 spiro atoms. The van der Waals surface area contributed by atoms with Crippen LogP contribution >= 0.6 is 11.6 Å². The lowest BCUT2D eigenvalue weighted by Gasteiger charge is -2.38. The van der Waals surface area contributed by atoms with Crippen LogP contribution in [0.15, 0.2) is 48.5 Å². The van der Waals surface area contributed by atoms with Gasteiger partial charge in [0.05, 0.1) is 0 Å². The van der Waals surface area contributed by atoms with Crippen molar-refractivity contribution in [3.8, 4) is 0 Å². The van der Waals surface area contributed by atoms with Crippen LogP contribution in [0.4, 0.5) is 4.39 Å². The van der Waals surface area contributed by atoms with E-state index in [0.717, 1.165) is 23.4 Å². The molecule has 1 aliphatic rings. The second-order valence-corrected chi connectivity index (χ2v) is 6.27. The quantitative estimate of drug-likeness (QED) is 0.831. The first-order valence-corrected chi connectivity index (χ1v) is 7.77. The Morgan fingerprint density at radius 2 is 1.90 bits per heavy atom. The van der Waals surface area contributed by atoms with Gasteiger partial charge in [-0.15, -0.1) is 0 Å². The highest BCUT2D eigenvalue weighted by molar-refractivity contribution is 6.30. The maximum Gasteiger partial charge on any atom is 0.127 e. The number of hydrogen-bond donors (Lipinski definition) is 1. The first-order valence-electron chi connectivity index (χ1n) is 7.39. The third kappa shape index (κ3) is 3.28. The summed E-state index contributed by atoms with van der Waals surface area (Å²) < 4.78 is 13.7. The molecular formula is C18H19ClFN. The molecule has 1 aliphatic carbocycles. The standard InChI is InChI=1S/C18H19ClFN/c1-12(17-7-2-3-8-18(17)20)21-16-10-14(11-16)13-5-4-6-15(19)9-13/h2-9,12,14,16,21H,10-11H2,1H3. The van der Waals surface area contributed by atoms with Gasteiger partial charge < -0.3 is 5.32 Å². The molecule has 21 heavy (non-hydrogen) atoms. The molecule has 1 atom stereocenters. The average Bonchev–Trinajstić information content (AvgIpc) is 2.42. The second kappa shape index (κ2) is 6.17. The van der Waals surface area contributed by atoms with E-state index in [9.17, 15) is 4.39 Å². The van der Waals surface area contributed by atoms with E-state index < -0.39 is 0 Å². The van der Waals surface area contributed by atoms with Crippen molar-refractivity contribution in [2.45, 2.75) is 37.8 Å². The molecule has 0 radical (unpaired) electrons. The first kappa shape index (κ1) is 14.6. The third-order valence-electron chi connectivity index (χ3n) is 4.32. The minimum absolute atomic E-state index is 0.0384. The molecule has 1 unspecified atom stereocenters. The van der Waals surface area contributed by atoms with E-state index in [4.69, 9.17) is 11.6 Å². The van der Waals surface area contributed by atoms with Gasteiger partial charge >= 0.3 is 0 Å². The van der Waals surface area contributed by atoms with E-state index in [1.54, 1.807) is 6.07 Å². The molecule has 2 aromatic rings. The summed E-state index contributed by atoms with van der Waals surface area (Å²) in [6, 6.07) is 15.5. The van der Waals surface area contributed by atoms with E-state index in [1.165, 1.54) is 11.6 Å². The smallest absolute Gasteiger partial charge is 0.127 e. The monoisotopic (exact) mass is 303 g/mol. The zero-order valence-corrected chi connectivity index (χ0v) is 12.8. The van der Waals surface area contributed by atoms with Crippen molar-refractivity contribution < 1.29 is 4.39 Å². The molecule has 0 aliphatic heterocycles. The highest BCUT2D eigenvalue weighted by Gasteiger charge is 2.31. The van der Waals surface area contributed by atoms with Gasteiger partial charge in [-0.25, -0.2) is 4.39 Å². The number of benzene rings is 2. The van der Waals surface area contributed by atoms with Crippen molar-refractivity contribution in [3.05, 3.63) is 70.5 Å². The topological polar surface area (TPSA) is 12.0 Å². The van der Waals surface area contributed by atoms with Gasteiger partial charge in [0.25, 0.3) is 0 Å². The van der Waals surface area contributed by atoms with E-state index in [0.29, 0.717) is 12.0 Å². The maximum absolute atomic E-state index is 13.7. The minimum atomic E-state index is -0.136. The lowest BCUT2D eigenvalue weighted by molar-refractivity contribution is 0.269. The van der Waals surface area contributed by atoms with E-state index in [-0.39, 0.29) is 11.9 Å². The molecule has 110 valence electrons. The minimum Gasteiger partial charge on any atom is -0.307 e. The summed E-state index contributed by atoms with van der Waals surface area (Å²) in [5.74, 6) is 0.428. The van der Waals surface area contributed by atoms with Crippen LogP contribution in [-0.4, -0.2) is 6.04 Å². The summed E-state index contributed by atoms with van der Waals surface area (Å²) in [4.78, 5) is 0. The van der Waals surface area contributed by atoms with Crippen molar-refractivity contribution in [2.75, 3.05) is 0 Å². The molecule has 1 fully saturated rings. The van der Waals surface area contributed by atoms with Crippen LogP contribution in [0.2, 0.25) is 5.02 Å². The maximum atomic E-state index is 13.7. The van der Waals surface area contributed by atoms with Gasteiger partial charge in [0.1, 0.15) is 5.82 Å². The fourth-order valence-corrected chi connectivity index (χ4v) is 3.25. The molecule has 0 saturated heterocycles. The Morgan fingerprint density at radius 1 is 1.14 bits per heavy atom. The number of hydrogen-bond acceptors (Lipinski definition) is 1. The van der Waals surface area contributed by atoms with Crippen LogP contribution < -0.4 is 5.32 Å². The number of halogens is 2. The molecule has 0 heterocycles. The lowest BCUT2D eigenvalue weighted by Crippen LogP contribution is -2.41. The largest absolute Gasteiger partial charge is 0.307 e. The predicted octanol–water partition coefficient (Wildman–Crippen LogP) is 5.08. The summed E-state index contributed by atoms with van der Waals surface area (Å²) in [7, 11) is 0. The zero-order valence-electron chi connectivity index (χ0n) is 12.0. The summed E-state index contributed by atoms with van der Waals surface area (Å²) in [5, 5.41) is 4.31. The molecule has 1 N–H and O–H groups in total. The van der Waals surface area contributed by atoms with E-state index in [1.807, 2.05) is 37.3 Å². The molecule has 3 heteroatoms. The zero-order chi connectivity index (χ0) is 14.8. The van der Waals surface area contributed by atoms with E-state index in [2.05, 4.69) is 11.4 Å². The van der Waals surface area contributed by atoms with Crippen LogP contribution in [0.3, 0.4) is 0 Å². The molecule has 2 aromatic carbocycles. The molecule has 0 aromatic heterocycles. The van der Waals surface area contributed by atoms with Gasteiger partial charge in [0.2, 0.25) is 0 Å². The predicted molar refractivity (Wildman–Crippen MR) is 85.2 cm³/mol. The highest BCUT2D eigenvalue weighted by atomic mass is 35.5. The SMILES string of the molecule is CC(NC1CC(c2cccc(Cl)c2)C1)c1ccccc1F. The number of nitrogens with one attached hydrogen (secondary N) is 1. The Balaban J connectivity index is 1.56. The van der Waals surface area contributed by atoms with Gasteiger partial charge in [-0.3, -0.25) is 0 Å². The fraction of sp³-hybridized carbons (Fsp3) is 0.333. The van der Waals surface area contributed by atoms with Crippen molar-refractivity contribution in [1.29, 1.82) is 0 Å².